The zero-order valence-corrected chi connectivity index (χ0v) is 12.3. The Morgan fingerprint density at radius 2 is 2.05 bits per heavy atom. The van der Waals surface area contributed by atoms with E-state index in [9.17, 15) is 4.79 Å². The van der Waals surface area contributed by atoms with Crippen LogP contribution in [0.15, 0.2) is 30.3 Å². The minimum Gasteiger partial charge on any atom is -0.481 e. The smallest absolute Gasteiger partial charge is 0.303 e. The first kappa shape index (κ1) is 14.9. The summed E-state index contributed by atoms with van der Waals surface area (Å²) in [5.41, 5.74) is 1.23. The van der Waals surface area contributed by atoms with Gasteiger partial charge >= 0.3 is 5.97 Å². The van der Waals surface area contributed by atoms with Crippen LogP contribution in [0.5, 0.6) is 0 Å². The lowest BCUT2D eigenvalue weighted by Gasteiger charge is -2.38. The molecule has 1 aliphatic carbocycles. The van der Waals surface area contributed by atoms with Crippen LogP contribution in [0.2, 0.25) is 0 Å². The van der Waals surface area contributed by atoms with Crippen molar-refractivity contribution in [3.63, 3.8) is 0 Å². The molecule has 1 aromatic carbocycles. The number of benzene rings is 1. The van der Waals surface area contributed by atoms with Gasteiger partial charge in [-0.1, -0.05) is 38.0 Å². The largest absolute Gasteiger partial charge is 0.481 e. The van der Waals surface area contributed by atoms with E-state index in [1.54, 1.807) is 0 Å². The second-order valence-electron chi connectivity index (χ2n) is 5.95. The third kappa shape index (κ3) is 4.26. The van der Waals surface area contributed by atoms with Crippen LogP contribution in [0.3, 0.4) is 0 Å². The molecule has 0 heterocycles. The predicted molar refractivity (Wildman–Crippen MR) is 82.1 cm³/mol. The van der Waals surface area contributed by atoms with Gasteiger partial charge in [0.1, 0.15) is 0 Å². The number of anilines is 1. The zero-order chi connectivity index (χ0) is 14.4. The van der Waals surface area contributed by atoms with Crippen molar-refractivity contribution < 1.29 is 9.90 Å². The molecule has 1 aromatic rings. The van der Waals surface area contributed by atoms with Gasteiger partial charge in [-0.2, -0.15) is 0 Å². The van der Waals surface area contributed by atoms with Gasteiger partial charge in [-0.25, -0.2) is 0 Å². The maximum Gasteiger partial charge on any atom is 0.303 e. The Kier molecular flexibility index (Phi) is 5.45. The van der Waals surface area contributed by atoms with E-state index in [-0.39, 0.29) is 6.42 Å². The Hall–Kier alpha value is -1.51. The second-order valence-corrected chi connectivity index (χ2v) is 5.95. The van der Waals surface area contributed by atoms with Gasteiger partial charge < -0.3 is 10.0 Å². The Morgan fingerprint density at radius 1 is 1.30 bits per heavy atom. The summed E-state index contributed by atoms with van der Waals surface area (Å²) in [5, 5.41) is 8.83. The van der Waals surface area contributed by atoms with Gasteiger partial charge in [-0.15, -0.1) is 0 Å². The highest BCUT2D eigenvalue weighted by Gasteiger charge is 2.24. The van der Waals surface area contributed by atoms with Crippen LogP contribution in [-0.2, 0) is 4.79 Å². The molecule has 0 aromatic heterocycles. The topological polar surface area (TPSA) is 40.5 Å². The van der Waals surface area contributed by atoms with Crippen molar-refractivity contribution in [2.45, 2.75) is 51.5 Å². The summed E-state index contributed by atoms with van der Waals surface area (Å²) >= 11 is 0. The predicted octanol–water partition coefficient (Wildman–Crippen LogP) is 3.94. The summed E-state index contributed by atoms with van der Waals surface area (Å²) in [6, 6.07) is 11.0. The van der Waals surface area contributed by atoms with E-state index in [1.165, 1.54) is 31.4 Å². The molecule has 2 unspecified atom stereocenters. The molecule has 1 saturated carbocycles. The minimum absolute atomic E-state index is 0.256. The van der Waals surface area contributed by atoms with Crippen molar-refractivity contribution in [3.05, 3.63) is 30.3 Å². The second kappa shape index (κ2) is 7.32. The molecule has 0 aliphatic heterocycles. The van der Waals surface area contributed by atoms with Crippen molar-refractivity contribution >= 4 is 11.7 Å². The van der Waals surface area contributed by atoms with Crippen LogP contribution in [0.4, 0.5) is 5.69 Å². The lowest BCUT2D eigenvalue weighted by atomic mass is 9.86. The highest BCUT2D eigenvalue weighted by Crippen LogP contribution is 2.30. The normalized spacial score (nSPS) is 22.4. The third-order valence-electron chi connectivity index (χ3n) is 4.23. The van der Waals surface area contributed by atoms with Crippen molar-refractivity contribution in [2.75, 3.05) is 11.4 Å². The fourth-order valence-electron chi connectivity index (χ4n) is 3.23. The molecule has 3 heteroatoms. The van der Waals surface area contributed by atoms with E-state index in [0.717, 1.165) is 18.9 Å². The maximum absolute atomic E-state index is 10.7. The molecule has 0 saturated heterocycles. The lowest BCUT2D eigenvalue weighted by molar-refractivity contribution is -0.137. The molecule has 1 N–H and O–H groups in total. The fraction of sp³-hybridized carbons (Fsp3) is 0.588. The Balaban J connectivity index is 2.05. The van der Waals surface area contributed by atoms with Crippen LogP contribution in [0.25, 0.3) is 0 Å². The molecule has 3 nitrogen and oxygen atoms in total. The van der Waals surface area contributed by atoms with Gasteiger partial charge in [0.2, 0.25) is 0 Å². The van der Waals surface area contributed by atoms with Crippen molar-refractivity contribution in [2.24, 2.45) is 5.92 Å². The van der Waals surface area contributed by atoms with E-state index >= 15 is 0 Å². The van der Waals surface area contributed by atoms with E-state index in [2.05, 4.69) is 36.1 Å². The first-order valence-electron chi connectivity index (χ1n) is 7.70. The molecule has 2 rings (SSSR count). The number of para-hydroxylation sites is 1. The highest BCUT2D eigenvalue weighted by molar-refractivity contribution is 5.66. The summed E-state index contributed by atoms with van der Waals surface area (Å²) < 4.78 is 0. The standard InChI is InChI=1S/C17H25NO2/c1-14-7-5-10-16(13-14)18(12-6-11-17(19)20)15-8-3-2-4-9-15/h2-4,8-9,14,16H,5-7,10-13H2,1H3,(H,19,20). The minimum atomic E-state index is -0.699. The van der Waals surface area contributed by atoms with Crippen LogP contribution in [-0.4, -0.2) is 23.7 Å². The van der Waals surface area contributed by atoms with E-state index in [4.69, 9.17) is 5.11 Å². The molecular formula is C17H25NO2. The van der Waals surface area contributed by atoms with E-state index in [0.29, 0.717) is 6.04 Å². The number of nitrogens with zero attached hydrogens (tertiary/aromatic N) is 1. The number of rotatable bonds is 6. The molecule has 1 aliphatic rings. The Morgan fingerprint density at radius 3 is 2.70 bits per heavy atom. The molecule has 2 atom stereocenters. The molecule has 0 spiro atoms. The number of hydrogen-bond donors (Lipinski definition) is 1. The average molecular weight is 275 g/mol. The van der Waals surface area contributed by atoms with Crippen molar-refractivity contribution in [3.8, 4) is 0 Å². The first-order chi connectivity index (χ1) is 9.66. The molecular weight excluding hydrogens is 250 g/mol. The highest BCUT2D eigenvalue weighted by atomic mass is 16.4. The quantitative estimate of drug-likeness (QED) is 0.855. The number of aliphatic carboxylic acids is 1. The monoisotopic (exact) mass is 275 g/mol. The van der Waals surface area contributed by atoms with E-state index in [1.807, 2.05) is 6.07 Å². The Labute approximate surface area is 121 Å². The summed E-state index contributed by atoms with van der Waals surface area (Å²) in [5.74, 6) is 0.0782. The van der Waals surface area contributed by atoms with Gasteiger partial charge in [-0.05, 0) is 37.3 Å². The molecule has 0 radical (unpaired) electrons. The van der Waals surface area contributed by atoms with Gasteiger partial charge in [0.05, 0.1) is 0 Å². The first-order valence-corrected chi connectivity index (χ1v) is 7.70. The van der Waals surface area contributed by atoms with Crippen LogP contribution in [0.1, 0.15) is 45.4 Å². The molecule has 0 bridgehead atoms. The van der Waals surface area contributed by atoms with Gasteiger partial charge in [0.25, 0.3) is 0 Å². The van der Waals surface area contributed by atoms with Gasteiger partial charge in [0, 0.05) is 24.7 Å². The van der Waals surface area contributed by atoms with Crippen LogP contribution >= 0.6 is 0 Å². The number of carbonyl (C=O) groups is 1. The third-order valence-corrected chi connectivity index (χ3v) is 4.23. The number of carboxylic acids is 1. The van der Waals surface area contributed by atoms with Crippen molar-refractivity contribution in [1.82, 2.24) is 0 Å². The SMILES string of the molecule is CC1CCCC(N(CCCC(=O)O)c2ccccc2)C1. The van der Waals surface area contributed by atoms with Crippen LogP contribution in [0, 0.1) is 5.92 Å². The summed E-state index contributed by atoms with van der Waals surface area (Å²) in [7, 11) is 0. The van der Waals surface area contributed by atoms with Crippen molar-refractivity contribution in [1.29, 1.82) is 0 Å². The lowest BCUT2D eigenvalue weighted by Crippen LogP contribution is -2.39. The molecule has 20 heavy (non-hydrogen) atoms. The van der Waals surface area contributed by atoms with Crippen LogP contribution < -0.4 is 4.90 Å². The number of carboxylic acid groups (broad SMARTS) is 1. The zero-order valence-electron chi connectivity index (χ0n) is 12.3. The van der Waals surface area contributed by atoms with Gasteiger partial charge in [0.15, 0.2) is 0 Å². The number of hydrogen-bond acceptors (Lipinski definition) is 2. The maximum atomic E-state index is 10.7. The fourth-order valence-corrected chi connectivity index (χ4v) is 3.23. The molecule has 1 fully saturated rings. The summed E-state index contributed by atoms with van der Waals surface area (Å²) in [6.45, 7) is 3.17. The van der Waals surface area contributed by atoms with E-state index < -0.39 is 5.97 Å². The summed E-state index contributed by atoms with van der Waals surface area (Å²) in [4.78, 5) is 13.2. The molecule has 110 valence electrons. The molecule has 0 amide bonds. The average Bonchev–Trinajstić information content (AvgIpc) is 2.44. The van der Waals surface area contributed by atoms with Gasteiger partial charge in [-0.3, -0.25) is 4.79 Å². The summed E-state index contributed by atoms with van der Waals surface area (Å²) in [6.07, 6.45) is 6.04. The Bertz CT molecular complexity index is 418.